The van der Waals surface area contributed by atoms with Crippen molar-refractivity contribution in [3.8, 4) is 17.6 Å². The van der Waals surface area contributed by atoms with Gasteiger partial charge in [0.2, 0.25) is 0 Å². The minimum Gasteiger partial charge on any atom is -0.493 e. The molecule has 3 nitrogen and oxygen atoms in total. The van der Waals surface area contributed by atoms with Crippen LogP contribution in [0.5, 0.6) is 11.5 Å². The molecule has 4 rings (SSSR count). The highest BCUT2D eigenvalue weighted by molar-refractivity contribution is 9.10. The number of hydrogen-bond donors (Lipinski definition) is 0. The van der Waals surface area contributed by atoms with Crippen LogP contribution in [0.1, 0.15) is 16.7 Å². The van der Waals surface area contributed by atoms with Gasteiger partial charge in [0.1, 0.15) is 12.4 Å². The molecular weight excluding hydrogens is 469 g/mol. The van der Waals surface area contributed by atoms with Crippen molar-refractivity contribution in [3.05, 3.63) is 106 Å². The molecule has 0 heterocycles. The van der Waals surface area contributed by atoms with E-state index in [1.165, 1.54) is 17.5 Å². The molecule has 158 valence electrons. The second kappa shape index (κ2) is 9.67. The Morgan fingerprint density at radius 1 is 1.00 bits per heavy atom. The lowest BCUT2D eigenvalue weighted by Crippen LogP contribution is -1.99. The molecule has 0 aliphatic rings. The number of methoxy groups -OCH3 is 1. The summed E-state index contributed by atoms with van der Waals surface area (Å²) in [6.45, 7) is 0.377. The van der Waals surface area contributed by atoms with Crippen LogP contribution in [0.25, 0.3) is 22.4 Å². The van der Waals surface area contributed by atoms with Crippen LogP contribution >= 0.6 is 15.9 Å². The molecule has 0 aromatic heterocycles. The van der Waals surface area contributed by atoms with E-state index in [1.807, 2.05) is 24.3 Å². The van der Waals surface area contributed by atoms with Crippen molar-refractivity contribution in [1.82, 2.24) is 0 Å². The van der Waals surface area contributed by atoms with Crippen LogP contribution in [0, 0.1) is 17.1 Å². The molecular formula is C27H19BrFNO2. The Kier molecular flexibility index (Phi) is 6.53. The van der Waals surface area contributed by atoms with Crippen molar-refractivity contribution < 1.29 is 13.9 Å². The first-order valence-corrected chi connectivity index (χ1v) is 10.7. The van der Waals surface area contributed by atoms with Gasteiger partial charge in [-0.25, -0.2) is 4.39 Å². The lowest BCUT2D eigenvalue weighted by molar-refractivity contribution is 0.282. The summed E-state index contributed by atoms with van der Waals surface area (Å²) in [5, 5.41) is 11.9. The number of rotatable bonds is 6. The summed E-state index contributed by atoms with van der Waals surface area (Å²) in [6.07, 6.45) is 1.69. The highest BCUT2D eigenvalue weighted by atomic mass is 79.9. The molecule has 5 heteroatoms. The first kappa shape index (κ1) is 21.6. The van der Waals surface area contributed by atoms with Crippen molar-refractivity contribution in [2.24, 2.45) is 0 Å². The molecule has 0 spiro atoms. The first-order chi connectivity index (χ1) is 15.6. The van der Waals surface area contributed by atoms with Gasteiger partial charge >= 0.3 is 0 Å². The van der Waals surface area contributed by atoms with Gasteiger partial charge in [-0.2, -0.15) is 5.26 Å². The van der Waals surface area contributed by atoms with Crippen LogP contribution in [0.15, 0.2) is 83.3 Å². The summed E-state index contributed by atoms with van der Waals surface area (Å²) >= 11 is 3.55. The minimum atomic E-state index is -0.389. The van der Waals surface area contributed by atoms with Crippen LogP contribution in [-0.2, 0) is 6.61 Å². The molecule has 0 saturated carbocycles. The summed E-state index contributed by atoms with van der Waals surface area (Å²) in [7, 11) is 1.57. The van der Waals surface area contributed by atoms with Crippen LogP contribution < -0.4 is 9.47 Å². The zero-order valence-electron chi connectivity index (χ0n) is 17.3. The van der Waals surface area contributed by atoms with Gasteiger partial charge in [0, 0.05) is 0 Å². The molecule has 4 aromatic carbocycles. The second-order valence-electron chi connectivity index (χ2n) is 7.18. The van der Waals surface area contributed by atoms with Gasteiger partial charge in [0.25, 0.3) is 0 Å². The Morgan fingerprint density at radius 3 is 2.56 bits per heavy atom. The lowest BCUT2D eigenvalue weighted by Gasteiger charge is -2.14. The fraction of sp³-hybridized carbons (Fsp3) is 0.0741. The Hall–Kier alpha value is -3.62. The normalized spacial score (nSPS) is 11.2. The summed E-state index contributed by atoms with van der Waals surface area (Å²) < 4.78 is 25.9. The number of ether oxygens (including phenoxy) is 2. The summed E-state index contributed by atoms with van der Waals surface area (Å²) in [6, 6.07) is 26.1. The van der Waals surface area contributed by atoms with E-state index in [-0.39, 0.29) is 5.82 Å². The molecule has 0 aliphatic carbocycles. The summed E-state index contributed by atoms with van der Waals surface area (Å²) in [5.41, 5.74) is 2.63. The quantitative estimate of drug-likeness (QED) is 0.210. The van der Waals surface area contributed by atoms with E-state index in [2.05, 4.69) is 46.3 Å². The predicted molar refractivity (Wildman–Crippen MR) is 129 cm³/mol. The zero-order valence-corrected chi connectivity index (χ0v) is 18.9. The standard InChI is InChI=1S/C27H19BrFNO2/c1-31-26-14-19(12-23(16-30)22-7-4-8-24(29)15-22)13-25(28)27(26)32-17-18-9-10-20-5-2-3-6-21(20)11-18/h2-15H,17H2,1H3/b23-12-. The number of allylic oxidation sites excluding steroid dienone is 1. The number of nitrogens with zero attached hydrogens (tertiary/aromatic N) is 1. The second-order valence-corrected chi connectivity index (χ2v) is 8.04. The monoisotopic (exact) mass is 487 g/mol. The number of fused-ring (bicyclic) bond motifs is 1. The smallest absolute Gasteiger partial charge is 0.175 e. The third-order valence-electron chi connectivity index (χ3n) is 5.02. The largest absolute Gasteiger partial charge is 0.493 e. The maximum atomic E-state index is 13.6. The van der Waals surface area contributed by atoms with Crippen molar-refractivity contribution in [2.45, 2.75) is 6.61 Å². The predicted octanol–water partition coefficient (Wildman–Crippen LogP) is 7.39. The van der Waals surface area contributed by atoms with Gasteiger partial charge in [-0.15, -0.1) is 0 Å². The molecule has 0 unspecified atom stereocenters. The van der Waals surface area contributed by atoms with Crippen molar-refractivity contribution in [2.75, 3.05) is 7.11 Å². The average Bonchev–Trinajstić information content (AvgIpc) is 2.81. The minimum absolute atomic E-state index is 0.350. The van der Waals surface area contributed by atoms with Crippen molar-refractivity contribution in [3.63, 3.8) is 0 Å². The van der Waals surface area contributed by atoms with Gasteiger partial charge in [-0.3, -0.25) is 0 Å². The maximum absolute atomic E-state index is 13.6. The molecule has 32 heavy (non-hydrogen) atoms. The van der Waals surface area contributed by atoms with Gasteiger partial charge < -0.3 is 9.47 Å². The molecule has 0 radical (unpaired) electrons. The molecule has 0 amide bonds. The third kappa shape index (κ3) is 4.82. The fourth-order valence-electron chi connectivity index (χ4n) is 3.45. The highest BCUT2D eigenvalue weighted by Crippen LogP contribution is 2.38. The Bertz CT molecular complexity index is 1360. The van der Waals surface area contributed by atoms with E-state index in [4.69, 9.17) is 9.47 Å². The van der Waals surface area contributed by atoms with Crippen LogP contribution in [0.4, 0.5) is 4.39 Å². The Labute approximate surface area is 194 Å². The summed E-state index contributed by atoms with van der Waals surface area (Å²) in [4.78, 5) is 0. The number of halogens is 2. The molecule has 0 fully saturated rings. The average molecular weight is 488 g/mol. The molecule has 0 bridgehead atoms. The van der Waals surface area contributed by atoms with E-state index < -0.39 is 0 Å². The van der Waals surface area contributed by atoms with E-state index in [1.54, 1.807) is 31.4 Å². The molecule has 4 aromatic rings. The highest BCUT2D eigenvalue weighted by Gasteiger charge is 2.13. The third-order valence-corrected chi connectivity index (χ3v) is 5.60. The van der Waals surface area contributed by atoms with Crippen LogP contribution in [-0.4, -0.2) is 7.11 Å². The zero-order chi connectivity index (χ0) is 22.5. The molecule has 0 N–H and O–H groups in total. The van der Waals surface area contributed by atoms with Crippen molar-refractivity contribution >= 4 is 38.4 Å². The number of nitriles is 1. The van der Waals surface area contributed by atoms with Gasteiger partial charge in [0.05, 0.1) is 23.2 Å². The van der Waals surface area contributed by atoms with Crippen LogP contribution in [0.3, 0.4) is 0 Å². The van der Waals surface area contributed by atoms with E-state index in [0.29, 0.717) is 33.7 Å². The Morgan fingerprint density at radius 2 is 1.81 bits per heavy atom. The fourth-order valence-corrected chi connectivity index (χ4v) is 4.02. The molecule has 0 atom stereocenters. The maximum Gasteiger partial charge on any atom is 0.175 e. The molecule has 0 aliphatic heterocycles. The summed E-state index contributed by atoms with van der Waals surface area (Å²) in [5.74, 6) is 0.713. The van der Waals surface area contributed by atoms with Gasteiger partial charge in [-0.05, 0) is 79.8 Å². The van der Waals surface area contributed by atoms with E-state index >= 15 is 0 Å². The molecule has 0 saturated heterocycles. The van der Waals surface area contributed by atoms with E-state index in [0.717, 1.165) is 16.5 Å². The topological polar surface area (TPSA) is 42.2 Å². The van der Waals surface area contributed by atoms with Crippen molar-refractivity contribution in [1.29, 1.82) is 5.26 Å². The number of hydrogen-bond acceptors (Lipinski definition) is 3. The number of benzene rings is 4. The first-order valence-electron chi connectivity index (χ1n) is 9.93. The van der Waals surface area contributed by atoms with Gasteiger partial charge in [0.15, 0.2) is 11.5 Å². The SMILES string of the molecule is COc1cc(/C=C(/C#N)c2cccc(F)c2)cc(Br)c1OCc1ccc2ccccc2c1. The Balaban J connectivity index is 1.61. The van der Waals surface area contributed by atoms with E-state index in [9.17, 15) is 9.65 Å². The van der Waals surface area contributed by atoms with Gasteiger partial charge in [-0.1, -0.05) is 48.5 Å². The van der Waals surface area contributed by atoms with Crippen LogP contribution in [0.2, 0.25) is 0 Å². The lowest BCUT2D eigenvalue weighted by atomic mass is 10.0.